The van der Waals surface area contributed by atoms with Gasteiger partial charge in [-0.25, -0.2) is 0 Å². The van der Waals surface area contributed by atoms with Crippen molar-refractivity contribution in [1.82, 2.24) is 0 Å². The standard InChI is InChI=1S/C49H78O20/c1-44(2)27-10-13-48(6)28(9-8-22-23-18-45(3,43(62)63-7)14-16-49(23,42(60)61)17-15-47(22,48)5)46(27,4)12-11-29(44)67-41-36(59)38(69-40-35(58)33(56)31(54)25(20-51)65-40)37(26(21-52)66-41)68-39-34(57)32(55)30(53)24(19-50)64-39/h8,23-41,50-59H,9-21H2,1-7H3,(H,60,61)/t23-,24+,25+,26+,27-,28+,29-,30-,31+,32-,33-,34+,35+,36+,37+,38+,39-,40-,41-,45-,46-,47-,48+,49-/m0/s1. The maximum Gasteiger partial charge on any atom is 0.311 e. The van der Waals surface area contributed by atoms with Gasteiger partial charge in [-0.15, -0.1) is 0 Å². The van der Waals surface area contributed by atoms with Gasteiger partial charge < -0.3 is 89.3 Å². The number of rotatable bonds is 11. The van der Waals surface area contributed by atoms with E-state index in [0.29, 0.717) is 32.1 Å². The first kappa shape index (κ1) is 53.3. The number of allylic oxidation sites excluding steroid dienone is 2. The summed E-state index contributed by atoms with van der Waals surface area (Å²) < 4.78 is 41.8. The minimum Gasteiger partial charge on any atom is -0.481 e. The van der Waals surface area contributed by atoms with Crippen LogP contribution >= 0.6 is 0 Å². The molecule has 394 valence electrons. The molecule has 69 heavy (non-hydrogen) atoms. The number of aliphatic hydroxyl groups is 10. The number of carboxylic acids is 1. The summed E-state index contributed by atoms with van der Waals surface area (Å²) >= 11 is 0. The van der Waals surface area contributed by atoms with Gasteiger partial charge in [-0.3, -0.25) is 9.59 Å². The molecule has 7 fully saturated rings. The Morgan fingerprint density at radius 1 is 0.623 bits per heavy atom. The molecule has 3 heterocycles. The fraction of sp³-hybridized carbons (Fsp3) is 0.918. The number of ether oxygens (including phenoxy) is 7. The van der Waals surface area contributed by atoms with Crippen LogP contribution in [-0.2, 0) is 42.7 Å². The molecule has 8 rings (SSSR count). The summed E-state index contributed by atoms with van der Waals surface area (Å²) in [6, 6.07) is 0. The van der Waals surface area contributed by atoms with Crippen molar-refractivity contribution in [3.8, 4) is 0 Å². The molecule has 20 nitrogen and oxygen atoms in total. The molecular weight excluding hydrogens is 909 g/mol. The molecule has 0 radical (unpaired) electrons. The Bertz CT molecular complexity index is 1910. The van der Waals surface area contributed by atoms with E-state index < -0.39 is 140 Å². The third-order valence-electron chi connectivity index (χ3n) is 19.8. The number of esters is 1. The Morgan fingerprint density at radius 3 is 1.71 bits per heavy atom. The van der Waals surface area contributed by atoms with E-state index in [2.05, 4.69) is 40.7 Å². The molecule has 20 heteroatoms. The lowest BCUT2D eigenvalue weighted by atomic mass is 9.33. The summed E-state index contributed by atoms with van der Waals surface area (Å²) in [5.41, 5.74) is -1.88. The fourth-order valence-electron chi connectivity index (χ4n) is 15.4. The molecule has 3 saturated heterocycles. The molecule has 0 unspecified atom stereocenters. The van der Waals surface area contributed by atoms with E-state index in [1.165, 1.54) is 12.7 Å². The number of fused-ring (bicyclic) bond motifs is 7. The molecule has 0 bridgehead atoms. The summed E-state index contributed by atoms with van der Waals surface area (Å²) in [4.78, 5) is 26.5. The van der Waals surface area contributed by atoms with E-state index in [1.54, 1.807) is 0 Å². The fourth-order valence-corrected chi connectivity index (χ4v) is 15.4. The first-order valence-electron chi connectivity index (χ1n) is 24.9. The Morgan fingerprint density at radius 2 is 1.16 bits per heavy atom. The molecule has 8 aliphatic rings. The number of hydrogen-bond acceptors (Lipinski definition) is 19. The SMILES string of the molecule is COC(=O)[C@@]1(C)CC[C@]2(C(=O)O)CC[C@@]3(C)C(=CC[C@@H]4[C@@]5(C)CC[C@H](O[C@@H]6O[C@H](CO)[C@@H](O[C@@H]7O[C@H](CO)[C@H](O)[C@H](O)[C@H]7O)[C@H](O[C@@H]7O[C@H](CO)[C@@H](O)[C@H](O)[C@H]7O)[C@H]6O)C(C)(C)[C@@H]5CC[C@]43C)[C@@H]2C1. The van der Waals surface area contributed by atoms with Gasteiger partial charge >= 0.3 is 11.9 Å². The van der Waals surface area contributed by atoms with Crippen molar-refractivity contribution in [2.75, 3.05) is 26.9 Å². The monoisotopic (exact) mass is 987 g/mol. The Balaban J connectivity index is 1.06. The average Bonchev–Trinajstić information content (AvgIpc) is 3.31. The smallest absolute Gasteiger partial charge is 0.311 e. The minimum absolute atomic E-state index is 0.0946. The van der Waals surface area contributed by atoms with E-state index in [1.807, 2.05) is 6.92 Å². The molecule has 24 atom stereocenters. The zero-order valence-electron chi connectivity index (χ0n) is 40.8. The number of hydrogen-bond donors (Lipinski definition) is 11. The van der Waals surface area contributed by atoms with Crippen molar-refractivity contribution in [2.24, 2.45) is 50.2 Å². The number of carboxylic acid groups (broad SMARTS) is 1. The van der Waals surface area contributed by atoms with E-state index in [4.69, 9.17) is 33.2 Å². The van der Waals surface area contributed by atoms with Gasteiger partial charge in [-0.05, 0) is 111 Å². The van der Waals surface area contributed by atoms with Gasteiger partial charge in [0.25, 0.3) is 0 Å². The first-order valence-corrected chi connectivity index (χ1v) is 24.9. The highest BCUT2D eigenvalue weighted by Crippen LogP contribution is 2.76. The quantitative estimate of drug-likeness (QED) is 0.0729. The maximum atomic E-state index is 13.3. The summed E-state index contributed by atoms with van der Waals surface area (Å²) in [6.45, 7) is 10.9. The van der Waals surface area contributed by atoms with Gasteiger partial charge in [0.2, 0.25) is 0 Å². The minimum atomic E-state index is -1.92. The molecule has 0 aromatic rings. The second kappa shape index (κ2) is 19.1. The van der Waals surface area contributed by atoms with E-state index in [-0.39, 0.29) is 40.0 Å². The Kier molecular flexibility index (Phi) is 14.7. The van der Waals surface area contributed by atoms with E-state index in [0.717, 1.165) is 32.1 Å². The number of aliphatic hydroxyl groups excluding tert-OH is 10. The molecule has 5 aliphatic carbocycles. The van der Waals surface area contributed by atoms with Crippen LogP contribution in [0, 0.1) is 50.2 Å². The zero-order valence-corrected chi connectivity index (χ0v) is 40.8. The van der Waals surface area contributed by atoms with Crippen molar-refractivity contribution in [3.05, 3.63) is 11.6 Å². The van der Waals surface area contributed by atoms with Crippen molar-refractivity contribution in [3.63, 3.8) is 0 Å². The first-order chi connectivity index (χ1) is 32.3. The van der Waals surface area contributed by atoms with Crippen LogP contribution in [0.5, 0.6) is 0 Å². The van der Waals surface area contributed by atoms with E-state index in [9.17, 15) is 65.8 Å². The molecule has 0 spiro atoms. The van der Waals surface area contributed by atoms with Crippen molar-refractivity contribution < 1.29 is 98.9 Å². The van der Waals surface area contributed by atoms with Crippen LogP contribution in [0.1, 0.15) is 106 Å². The van der Waals surface area contributed by atoms with Crippen molar-refractivity contribution in [1.29, 1.82) is 0 Å². The predicted molar refractivity (Wildman–Crippen MR) is 237 cm³/mol. The third kappa shape index (κ3) is 8.26. The van der Waals surface area contributed by atoms with Gasteiger partial charge in [0.15, 0.2) is 18.9 Å². The topological polar surface area (TPSA) is 321 Å². The highest BCUT2D eigenvalue weighted by Gasteiger charge is 2.70. The third-order valence-corrected chi connectivity index (χ3v) is 19.8. The summed E-state index contributed by atoms with van der Waals surface area (Å²) in [5, 5.41) is 118. The molecule has 3 aliphatic heterocycles. The lowest BCUT2D eigenvalue weighted by Crippen LogP contribution is -2.68. The molecule has 11 N–H and O–H groups in total. The lowest BCUT2D eigenvalue weighted by Gasteiger charge is -2.71. The van der Waals surface area contributed by atoms with E-state index >= 15 is 0 Å². The predicted octanol–water partition coefficient (Wildman–Crippen LogP) is -0.141. The summed E-state index contributed by atoms with van der Waals surface area (Å²) in [6.07, 6.45) is -17.4. The largest absolute Gasteiger partial charge is 0.481 e. The molecule has 4 saturated carbocycles. The maximum absolute atomic E-state index is 13.3. The normalized spacial score (nSPS) is 52.8. The lowest BCUT2D eigenvalue weighted by molar-refractivity contribution is -0.393. The van der Waals surface area contributed by atoms with Gasteiger partial charge in [0.1, 0.15) is 73.2 Å². The van der Waals surface area contributed by atoms with Crippen LogP contribution in [0.15, 0.2) is 11.6 Å². The molecule has 0 amide bonds. The van der Waals surface area contributed by atoms with Crippen molar-refractivity contribution >= 4 is 11.9 Å². The highest BCUT2D eigenvalue weighted by atomic mass is 16.8. The van der Waals surface area contributed by atoms with Crippen molar-refractivity contribution in [2.45, 2.75) is 204 Å². The summed E-state index contributed by atoms with van der Waals surface area (Å²) in [7, 11) is 1.39. The summed E-state index contributed by atoms with van der Waals surface area (Å²) in [5.74, 6) is -1.11. The number of aliphatic carboxylic acids is 1. The van der Waals surface area contributed by atoms with Crippen LogP contribution in [-0.4, -0.2) is 193 Å². The van der Waals surface area contributed by atoms with Crippen LogP contribution in [0.3, 0.4) is 0 Å². The molecular formula is C49H78O20. The van der Waals surface area contributed by atoms with Gasteiger partial charge in [-0.2, -0.15) is 0 Å². The molecule has 0 aromatic carbocycles. The Labute approximate surface area is 402 Å². The van der Waals surface area contributed by atoms with Crippen LogP contribution in [0.4, 0.5) is 0 Å². The number of carbonyl (C=O) groups is 2. The van der Waals surface area contributed by atoms with Gasteiger partial charge in [0.05, 0.1) is 43.9 Å². The highest BCUT2D eigenvalue weighted by molar-refractivity contribution is 5.80. The number of methoxy groups -OCH3 is 1. The second-order valence-corrected chi connectivity index (χ2v) is 23.4. The van der Waals surface area contributed by atoms with Gasteiger partial charge in [-0.1, -0.05) is 46.3 Å². The zero-order chi connectivity index (χ0) is 50.6. The van der Waals surface area contributed by atoms with Crippen LogP contribution < -0.4 is 0 Å². The Hall–Kier alpha value is -1.96. The van der Waals surface area contributed by atoms with Crippen LogP contribution in [0.25, 0.3) is 0 Å². The number of carbonyl (C=O) groups excluding carboxylic acids is 1. The average molecular weight is 987 g/mol. The van der Waals surface area contributed by atoms with Crippen LogP contribution in [0.2, 0.25) is 0 Å². The van der Waals surface area contributed by atoms with Gasteiger partial charge in [0, 0.05) is 0 Å². The second-order valence-electron chi connectivity index (χ2n) is 23.4. The molecule has 0 aromatic heterocycles.